The van der Waals surface area contributed by atoms with E-state index in [1.54, 1.807) is 21.9 Å². The minimum atomic E-state index is -0.825. The average Bonchev–Trinajstić information content (AvgIpc) is 3.35. The molecule has 0 fully saturated rings. The summed E-state index contributed by atoms with van der Waals surface area (Å²) >= 11 is 0. The minimum Gasteiger partial charge on any atom is -1.00 e. The van der Waals surface area contributed by atoms with Crippen LogP contribution in [0.1, 0.15) is 43.9 Å². The lowest BCUT2D eigenvalue weighted by molar-refractivity contribution is -0.871. The number of likely N-dealkylation sites (N-methyl/N-ethyl adjacent to an activating group) is 1. The number of Topliss-reactive ketones (excluding diaryl/α,β-unsaturated/α-hetero) is 1. The van der Waals surface area contributed by atoms with Crippen molar-refractivity contribution in [2.24, 2.45) is 0 Å². The Hall–Kier alpha value is -7.14. The molecule has 1 N–H and O–H groups in total. The zero-order valence-corrected chi connectivity index (χ0v) is 45.1. The molecule has 406 valence electrons. The van der Waals surface area contributed by atoms with Gasteiger partial charge in [-0.05, 0) is 55.0 Å². The number of carbonyl (C=O) groups excluding carboxylic acids is 6. The molecule has 21 nitrogen and oxygen atoms in total. The molecule has 1 atom stereocenters. The lowest BCUT2D eigenvalue weighted by Gasteiger charge is -2.31. The third-order valence-corrected chi connectivity index (χ3v) is 11.6. The van der Waals surface area contributed by atoms with Crippen molar-refractivity contribution < 1.29 is 103 Å². The molecule has 3 aromatic rings. The van der Waals surface area contributed by atoms with Gasteiger partial charge >= 0.3 is 29.8 Å². The van der Waals surface area contributed by atoms with Crippen molar-refractivity contribution in [1.82, 2.24) is 0 Å². The highest BCUT2D eigenvalue weighted by atomic mass is 79.9. The molecule has 2 aliphatic heterocycles. The van der Waals surface area contributed by atoms with E-state index in [2.05, 4.69) is 12.2 Å². The molecule has 0 saturated heterocycles. The number of hydrogen-bond acceptors (Lipinski definition) is 20. The number of rotatable bonds is 19. The molecule has 6 rings (SSSR count). The number of allylic oxidation sites excluding steroid dienone is 1. The smallest absolute Gasteiger partial charge is 0.347 e. The van der Waals surface area contributed by atoms with Gasteiger partial charge in [0.2, 0.25) is 13.6 Å². The van der Waals surface area contributed by atoms with E-state index >= 15 is 0 Å². The monoisotopic (exact) mass is 1110 g/mol. The Balaban J connectivity index is 0.0000104. The van der Waals surface area contributed by atoms with Gasteiger partial charge in [0.15, 0.2) is 19.2 Å². The second-order valence-electron chi connectivity index (χ2n) is 17.7. The summed E-state index contributed by atoms with van der Waals surface area (Å²) in [6, 6.07) is 14.9. The van der Waals surface area contributed by atoms with Crippen LogP contribution in [0.25, 0.3) is 5.57 Å². The molecule has 22 heteroatoms. The maximum absolute atomic E-state index is 13.9. The number of esters is 5. The molecular weight excluding hydrogens is 1040 g/mol. The quantitative estimate of drug-likeness (QED) is 0.0741. The number of quaternary nitrogens is 1. The summed E-state index contributed by atoms with van der Waals surface area (Å²) in [5, 5.41) is 0. The van der Waals surface area contributed by atoms with Gasteiger partial charge in [0.05, 0.1) is 51.8 Å². The zero-order valence-electron chi connectivity index (χ0n) is 43.5. The van der Waals surface area contributed by atoms with E-state index in [4.69, 9.17) is 52.1 Å². The van der Waals surface area contributed by atoms with Gasteiger partial charge in [-0.2, -0.15) is 0 Å². The van der Waals surface area contributed by atoms with Gasteiger partial charge in [-0.15, -0.1) is 0 Å². The van der Waals surface area contributed by atoms with E-state index in [1.807, 2.05) is 82.5 Å². The standard InChI is InChI=1S/C53H64N4O17.BrH/c1-34-9-14-44-49(23-34)66-21-22-67-50-26-43(53-41-12-10-38(54(5)6)24-47(41)74-48-25-39(55(7)8)11-13-42(48)53)46(68-30-52(63)73-33-71-37(4)60)27-45(50)56(28-40(61)15-18-65-31-69-35(2)58)16-19-64-20-17-57(44)29-51(62)72-32-70-36(3)59;/h9-14,23-27,38H,15-22,28-33H2,1-8H3;1H. The van der Waals surface area contributed by atoms with Gasteiger partial charge in [0.1, 0.15) is 54.6 Å². The first kappa shape index (κ1) is 58.7. The lowest BCUT2D eigenvalue weighted by Crippen LogP contribution is -3.09. The van der Waals surface area contributed by atoms with E-state index in [0.29, 0.717) is 51.1 Å². The molecule has 3 aliphatic rings. The first-order chi connectivity index (χ1) is 35.5. The van der Waals surface area contributed by atoms with Crippen molar-refractivity contribution >= 4 is 58.3 Å². The molecule has 0 bridgehead atoms. The fraction of sp³-hybridized carbons (Fsp3) is 0.434. The number of halogens is 1. The SMILES string of the molecule is CC(=O)OCOCCC(=O)CN1CCOCCN(CC(=O)OCOC(C)=O)c2ccc(C)cc2OCCOc2cc(C3=C4C=CC([NH+](C)C)C=C4Oc4cc(N(C)C)ccc43)c(OCC(=O)OCOC(C)=O)cc21.[Br-]. The van der Waals surface area contributed by atoms with Crippen LogP contribution in [-0.4, -0.2) is 156 Å². The number of ketones is 1. The van der Waals surface area contributed by atoms with Crippen LogP contribution in [0.4, 0.5) is 17.1 Å². The van der Waals surface area contributed by atoms with E-state index in [1.165, 1.54) is 20.8 Å². The summed E-state index contributed by atoms with van der Waals surface area (Å²) in [5.74, 6) is -1.34. The third-order valence-electron chi connectivity index (χ3n) is 11.6. The van der Waals surface area contributed by atoms with Crippen LogP contribution in [0.15, 0.2) is 78.1 Å². The van der Waals surface area contributed by atoms with Crippen molar-refractivity contribution in [3.63, 3.8) is 0 Å². The molecule has 0 amide bonds. The highest BCUT2D eigenvalue weighted by molar-refractivity contribution is 5.95. The van der Waals surface area contributed by atoms with Crippen LogP contribution in [0.5, 0.6) is 23.0 Å². The van der Waals surface area contributed by atoms with Crippen LogP contribution < -0.4 is 55.5 Å². The van der Waals surface area contributed by atoms with Gasteiger partial charge < -0.3 is 88.7 Å². The molecule has 0 saturated carbocycles. The molecule has 0 spiro atoms. The number of anilines is 3. The Kier molecular flexibility index (Phi) is 22.3. The minimum absolute atomic E-state index is 0. The molecular formula is C53H65BrN4O17. The number of nitrogens with zero attached hydrogens (tertiary/aromatic N) is 3. The van der Waals surface area contributed by atoms with E-state index in [9.17, 15) is 28.8 Å². The fourth-order valence-electron chi connectivity index (χ4n) is 7.83. The first-order valence-electron chi connectivity index (χ1n) is 24.0. The van der Waals surface area contributed by atoms with Crippen LogP contribution >= 0.6 is 0 Å². The van der Waals surface area contributed by atoms with Gasteiger partial charge in [-0.3, -0.25) is 24.0 Å². The highest BCUT2D eigenvalue weighted by Gasteiger charge is 2.33. The third kappa shape index (κ3) is 17.2. The maximum atomic E-state index is 13.9. The molecule has 3 aromatic carbocycles. The molecule has 1 unspecified atom stereocenters. The van der Waals surface area contributed by atoms with E-state index < -0.39 is 50.0 Å². The predicted octanol–water partition coefficient (Wildman–Crippen LogP) is 0.330. The lowest BCUT2D eigenvalue weighted by atomic mass is 9.86. The summed E-state index contributed by atoms with van der Waals surface area (Å²) in [6.45, 7) is 3.51. The second-order valence-corrected chi connectivity index (χ2v) is 17.7. The van der Waals surface area contributed by atoms with Gasteiger partial charge in [-0.25, -0.2) is 4.79 Å². The first-order valence-corrected chi connectivity index (χ1v) is 24.0. The summed E-state index contributed by atoms with van der Waals surface area (Å²) in [7, 11) is 7.96. The van der Waals surface area contributed by atoms with Crippen LogP contribution in [-0.2, 0) is 61.9 Å². The van der Waals surface area contributed by atoms with Crippen molar-refractivity contribution in [2.45, 2.75) is 40.2 Å². The van der Waals surface area contributed by atoms with E-state index in [-0.39, 0.29) is 107 Å². The molecule has 75 heavy (non-hydrogen) atoms. The van der Waals surface area contributed by atoms with Crippen molar-refractivity contribution in [3.05, 3.63) is 94.8 Å². The Bertz CT molecular complexity index is 2630. The second kappa shape index (κ2) is 28.5. The summed E-state index contributed by atoms with van der Waals surface area (Å²) in [6.07, 6.45) is 6.08. The van der Waals surface area contributed by atoms with Crippen molar-refractivity contribution in [2.75, 3.05) is 129 Å². The van der Waals surface area contributed by atoms with Gasteiger partial charge in [0.25, 0.3) is 0 Å². The largest absolute Gasteiger partial charge is 1.00 e. The number of aryl methyl sites for hydroxylation is 1. The Morgan fingerprint density at radius 3 is 2.00 bits per heavy atom. The number of fused-ring (bicyclic) bond motifs is 4. The fourth-order valence-corrected chi connectivity index (χ4v) is 7.83. The van der Waals surface area contributed by atoms with Gasteiger partial charge in [-0.1, -0.05) is 6.07 Å². The van der Waals surface area contributed by atoms with Crippen molar-refractivity contribution in [3.8, 4) is 23.0 Å². The number of benzene rings is 3. The van der Waals surface area contributed by atoms with Crippen LogP contribution in [0.2, 0.25) is 0 Å². The maximum Gasteiger partial charge on any atom is 0.347 e. The van der Waals surface area contributed by atoms with Crippen LogP contribution in [0, 0.1) is 6.92 Å². The topological polar surface area (TPSA) is 218 Å². The zero-order chi connectivity index (χ0) is 53.3. The van der Waals surface area contributed by atoms with Crippen molar-refractivity contribution in [1.29, 1.82) is 0 Å². The van der Waals surface area contributed by atoms with Gasteiger partial charge in [0, 0.05) is 101 Å². The Morgan fingerprint density at radius 2 is 1.35 bits per heavy atom. The Labute approximate surface area is 446 Å². The predicted molar refractivity (Wildman–Crippen MR) is 268 cm³/mol. The molecule has 1 aliphatic carbocycles. The highest BCUT2D eigenvalue weighted by Crippen LogP contribution is 2.49. The summed E-state index contributed by atoms with van der Waals surface area (Å²) < 4.78 is 62.8. The summed E-state index contributed by atoms with van der Waals surface area (Å²) in [5.41, 5.74) is 5.38. The summed E-state index contributed by atoms with van der Waals surface area (Å²) in [4.78, 5) is 80.9. The molecule has 2 heterocycles. The molecule has 0 aromatic heterocycles. The average molecular weight is 1110 g/mol. The Morgan fingerprint density at radius 1 is 0.707 bits per heavy atom. The normalized spacial score (nSPS) is 15.2. The number of hydrogen-bond donors (Lipinski definition) is 1. The van der Waals surface area contributed by atoms with E-state index in [0.717, 1.165) is 21.7 Å². The number of carbonyl (C=O) groups is 6. The number of ether oxygens (including phenoxy) is 11. The molecule has 0 radical (unpaired) electrons. The van der Waals surface area contributed by atoms with Crippen LogP contribution in [0.3, 0.4) is 0 Å². The number of nitrogens with one attached hydrogen (secondary N) is 1.